The molecule has 2 aromatic rings. The molecule has 3 rings (SSSR count). The maximum Gasteiger partial charge on any atom is 0.120 e. The van der Waals surface area contributed by atoms with Gasteiger partial charge in [-0.1, -0.05) is 42.5 Å². The summed E-state index contributed by atoms with van der Waals surface area (Å²) in [6, 6.07) is 16.9. The van der Waals surface area contributed by atoms with Gasteiger partial charge >= 0.3 is 0 Å². The van der Waals surface area contributed by atoms with Crippen LogP contribution in [0.5, 0.6) is 5.75 Å². The first kappa shape index (κ1) is 14.6. The van der Waals surface area contributed by atoms with Crippen molar-refractivity contribution in [2.45, 2.75) is 19.8 Å². The van der Waals surface area contributed by atoms with Crippen LogP contribution in [-0.4, -0.2) is 18.9 Å². The van der Waals surface area contributed by atoms with Crippen LogP contribution in [0.25, 0.3) is 0 Å². The molecule has 1 aliphatic heterocycles. The van der Waals surface area contributed by atoms with Gasteiger partial charge in [-0.05, 0) is 48.2 Å². The Bertz CT molecular complexity index is 686. The third-order valence-corrected chi connectivity index (χ3v) is 3.87. The van der Waals surface area contributed by atoms with Crippen molar-refractivity contribution in [3.63, 3.8) is 0 Å². The molecule has 22 heavy (non-hydrogen) atoms. The van der Waals surface area contributed by atoms with E-state index in [0.29, 0.717) is 6.61 Å². The maximum atomic E-state index is 5.74. The molecule has 0 spiro atoms. The molecule has 0 saturated carbocycles. The lowest BCUT2D eigenvalue weighted by atomic mass is 9.93. The van der Waals surface area contributed by atoms with Crippen LogP contribution in [0.3, 0.4) is 0 Å². The van der Waals surface area contributed by atoms with Gasteiger partial charge in [0.1, 0.15) is 12.4 Å². The van der Waals surface area contributed by atoms with Gasteiger partial charge in [0, 0.05) is 18.7 Å². The van der Waals surface area contributed by atoms with E-state index in [4.69, 9.17) is 9.73 Å². The predicted molar refractivity (Wildman–Crippen MR) is 92.0 cm³/mol. The van der Waals surface area contributed by atoms with E-state index in [1.165, 1.54) is 22.4 Å². The van der Waals surface area contributed by atoms with Gasteiger partial charge in [-0.2, -0.15) is 0 Å². The molecule has 2 aromatic carbocycles. The minimum absolute atomic E-state index is 0.625. The quantitative estimate of drug-likeness (QED) is 0.755. The molecular weight excluding hydrogens is 270 g/mol. The van der Waals surface area contributed by atoms with E-state index in [0.717, 1.165) is 25.1 Å². The number of hydrogen-bond acceptors (Lipinski definition) is 2. The van der Waals surface area contributed by atoms with Crippen molar-refractivity contribution in [3.05, 3.63) is 77.4 Å². The van der Waals surface area contributed by atoms with Crippen molar-refractivity contribution in [2.24, 2.45) is 4.99 Å². The van der Waals surface area contributed by atoms with E-state index >= 15 is 0 Å². The Morgan fingerprint density at radius 2 is 2.00 bits per heavy atom. The van der Waals surface area contributed by atoms with Crippen molar-refractivity contribution in [1.29, 1.82) is 0 Å². The molecule has 0 bridgehead atoms. The zero-order valence-corrected chi connectivity index (χ0v) is 13.0. The summed E-state index contributed by atoms with van der Waals surface area (Å²) >= 11 is 0. The van der Waals surface area contributed by atoms with E-state index in [-0.39, 0.29) is 0 Å². The molecule has 0 fully saturated rings. The second-order valence-electron chi connectivity index (χ2n) is 5.44. The van der Waals surface area contributed by atoms with Gasteiger partial charge in [-0.3, -0.25) is 4.99 Å². The first-order valence-corrected chi connectivity index (χ1v) is 7.81. The summed E-state index contributed by atoms with van der Waals surface area (Å²) in [5.74, 6) is 0.942. The van der Waals surface area contributed by atoms with Crippen molar-refractivity contribution in [3.8, 4) is 5.75 Å². The number of benzene rings is 2. The highest BCUT2D eigenvalue weighted by Crippen LogP contribution is 2.23. The second kappa shape index (κ2) is 7.08. The molecule has 0 amide bonds. The molecule has 112 valence electrons. The van der Waals surface area contributed by atoms with Crippen molar-refractivity contribution in [2.75, 3.05) is 13.2 Å². The lowest BCUT2D eigenvalue weighted by Crippen LogP contribution is -2.15. The summed E-state index contributed by atoms with van der Waals surface area (Å²) in [6.45, 7) is 3.50. The number of allylic oxidation sites excluding steroid dienone is 1. The van der Waals surface area contributed by atoms with E-state index in [2.05, 4.69) is 42.5 Å². The number of rotatable bonds is 5. The SMILES string of the molecule is C/C=C/COc1ccc2c(c1)CCN=C2Cc1ccccc1. The third-order valence-electron chi connectivity index (χ3n) is 3.87. The Kier molecular flexibility index (Phi) is 4.69. The second-order valence-corrected chi connectivity index (χ2v) is 5.44. The Hall–Kier alpha value is -2.35. The topological polar surface area (TPSA) is 21.6 Å². The van der Waals surface area contributed by atoms with Crippen molar-refractivity contribution >= 4 is 5.71 Å². The fourth-order valence-corrected chi connectivity index (χ4v) is 2.73. The fraction of sp³-hybridized carbons (Fsp3) is 0.250. The molecule has 0 aliphatic carbocycles. The molecule has 0 N–H and O–H groups in total. The molecule has 1 heterocycles. The standard InChI is InChI=1S/C20H21NO/c1-2-3-13-22-18-9-10-19-17(15-18)11-12-21-20(19)14-16-7-5-4-6-8-16/h2-10,15H,11-14H2,1H3/b3-2+. The Morgan fingerprint density at radius 1 is 1.14 bits per heavy atom. The Balaban J connectivity index is 1.78. The molecule has 0 radical (unpaired) electrons. The highest BCUT2D eigenvalue weighted by Gasteiger charge is 2.15. The minimum atomic E-state index is 0.625. The third kappa shape index (κ3) is 3.45. The van der Waals surface area contributed by atoms with E-state index in [1.807, 2.05) is 25.1 Å². The molecule has 0 aromatic heterocycles. The molecule has 0 saturated heterocycles. The average molecular weight is 291 g/mol. The first-order valence-electron chi connectivity index (χ1n) is 7.81. The van der Waals surface area contributed by atoms with Gasteiger partial charge in [0.25, 0.3) is 0 Å². The van der Waals surface area contributed by atoms with Crippen LogP contribution in [0, 0.1) is 0 Å². The molecule has 2 nitrogen and oxygen atoms in total. The Morgan fingerprint density at radius 3 is 2.82 bits per heavy atom. The van der Waals surface area contributed by atoms with Crippen molar-refractivity contribution < 1.29 is 4.74 Å². The van der Waals surface area contributed by atoms with Crippen molar-refractivity contribution in [1.82, 2.24) is 0 Å². The first-order chi connectivity index (χ1) is 10.9. The zero-order valence-electron chi connectivity index (χ0n) is 13.0. The number of fused-ring (bicyclic) bond motifs is 1. The zero-order chi connectivity index (χ0) is 15.2. The smallest absolute Gasteiger partial charge is 0.120 e. The molecule has 1 aliphatic rings. The van der Waals surface area contributed by atoms with E-state index in [1.54, 1.807) is 0 Å². The van der Waals surface area contributed by atoms with E-state index < -0.39 is 0 Å². The molecule has 0 unspecified atom stereocenters. The largest absolute Gasteiger partial charge is 0.490 e. The van der Waals surface area contributed by atoms with Gasteiger partial charge in [0.05, 0.1) is 0 Å². The fourth-order valence-electron chi connectivity index (χ4n) is 2.73. The maximum absolute atomic E-state index is 5.74. The number of aliphatic imine (C=N–C) groups is 1. The van der Waals surface area contributed by atoms with Crippen LogP contribution in [0.2, 0.25) is 0 Å². The van der Waals surface area contributed by atoms with Gasteiger partial charge in [0.2, 0.25) is 0 Å². The highest BCUT2D eigenvalue weighted by molar-refractivity contribution is 6.03. The summed E-state index contributed by atoms with van der Waals surface area (Å²) in [5, 5.41) is 0. The average Bonchev–Trinajstić information content (AvgIpc) is 2.56. The van der Waals surface area contributed by atoms with Crippen LogP contribution >= 0.6 is 0 Å². The number of ether oxygens (including phenoxy) is 1. The summed E-state index contributed by atoms with van der Waals surface area (Å²) in [7, 11) is 0. The summed E-state index contributed by atoms with van der Waals surface area (Å²) in [4.78, 5) is 4.74. The number of hydrogen-bond donors (Lipinski definition) is 0. The summed E-state index contributed by atoms with van der Waals surface area (Å²) in [6.07, 6.45) is 5.91. The lowest BCUT2D eigenvalue weighted by Gasteiger charge is -2.18. The van der Waals surface area contributed by atoms with Gasteiger partial charge < -0.3 is 4.74 Å². The normalized spacial score (nSPS) is 13.8. The van der Waals surface area contributed by atoms with Crippen LogP contribution in [0.1, 0.15) is 23.6 Å². The Labute approximate surface area is 132 Å². The monoisotopic (exact) mass is 291 g/mol. The van der Waals surface area contributed by atoms with E-state index in [9.17, 15) is 0 Å². The molecule has 2 heteroatoms. The van der Waals surface area contributed by atoms with Gasteiger partial charge in [0.15, 0.2) is 0 Å². The molecular formula is C20H21NO. The summed E-state index contributed by atoms with van der Waals surface area (Å²) in [5.41, 5.74) is 5.11. The van der Waals surface area contributed by atoms with Crippen LogP contribution < -0.4 is 4.74 Å². The predicted octanol–water partition coefficient (Wildman–Crippen LogP) is 4.23. The van der Waals surface area contributed by atoms with Crippen LogP contribution in [-0.2, 0) is 12.8 Å². The minimum Gasteiger partial charge on any atom is -0.490 e. The van der Waals surface area contributed by atoms with Gasteiger partial charge in [-0.25, -0.2) is 0 Å². The molecule has 0 atom stereocenters. The lowest BCUT2D eigenvalue weighted by molar-refractivity contribution is 0.362. The highest BCUT2D eigenvalue weighted by atomic mass is 16.5. The van der Waals surface area contributed by atoms with Gasteiger partial charge in [-0.15, -0.1) is 0 Å². The number of nitrogens with zero attached hydrogens (tertiary/aromatic N) is 1. The van der Waals surface area contributed by atoms with Crippen LogP contribution in [0.15, 0.2) is 65.7 Å². The van der Waals surface area contributed by atoms with Crippen LogP contribution in [0.4, 0.5) is 0 Å². The summed E-state index contributed by atoms with van der Waals surface area (Å²) < 4.78 is 5.74.